The maximum Gasteiger partial charge on any atom is 0.317 e. The van der Waals surface area contributed by atoms with E-state index in [4.69, 9.17) is 9.52 Å². The van der Waals surface area contributed by atoms with Crippen molar-refractivity contribution in [2.24, 2.45) is 0 Å². The topological polar surface area (TPSA) is 66.6 Å². The van der Waals surface area contributed by atoms with Gasteiger partial charge in [-0.2, -0.15) is 0 Å². The van der Waals surface area contributed by atoms with E-state index >= 15 is 0 Å². The number of hydrogen-bond donors (Lipinski definition) is 1. The van der Waals surface area contributed by atoms with Gasteiger partial charge >= 0.3 is 5.97 Å². The van der Waals surface area contributed by atoms with E-state index in [2.05, 4.69) is 4.98 Å². The number of aryl methyl sites for hydroxylation is 1. The first-order chi connectivity index (χ1) is 6.63. The molecule has 0 saturated heterocycles. The molecular formula is C9H14N2O3. The fraction of sp³-hybridized carbons (Fsp3) is 0.556. The predicted octanol–water partition coefficient (Wildman–Crippen LogP) is 0.890. The van der Waals surface area contributed by atoms with Gasteiger partial charge < -0.3 is 9.52 Å². The van der Waals surface area contributed by atoms with Crippen LogP contribution in [0.4, 0.5) is 0 Å². The fourth-order valence-corrected chi connectivity index (χ4v) is 1.16. The van der Waals surface area contributed by atoms with Crippen LogP contribution in [0.5, 0.6) is 0 Å². The van der Waals surface area contributed by atoms with Crippen LogP contribution in [0, 0.1) is 6.92 Å². The average molecular weight is 198 g/mol. The van der Waals surface area contributed by atoms with Crippen molar-refractivity contribution in [1.82, 2.24) is 9.88 Å². The zero-order chi connectivity index (χ0) is 10.6. The van der Waals surface area contributed by atoms with Crippen molar-refractivity contribution in [3.8, 4) is 0 Å². The quantitative estimate of drug-likeness (QED) is 0.761. The minimum atomic E-state index is -0.826. The first-order valence-electron chi connectivity index (χ1n) is 4.46. The van der Waals surface area contributed by atoms with E-state index in [9.17, 15) is 4.79 Å². The van der Waals surface area contributed by atoms with Gasteiger partial charge in [0.1, 0.15) is 5.76 Å². The summed E-state index contributed by atoms with van der Waals surface area (Å²) in [6, 6.07) is 0. The third kappa shape index (κ3) is 2.85. The smallest absolute Gasteiger partial charge is 0.317 e. The van der Waals surface area contributed by atoms with Crippen molar-refractivity contribution in [2.75, 3.05) is 13.1 Å². The summed E-state index contributed by atoms with van der Waals surface area (Å²) >= 11 is 0. The number of hydrogen-bond acceptors (Lipinski definition) is 4. The van der Waals surface area contributed by atoms with Gasteiger partial charge in [-0.3, -0.25) is 9.69 Å². The molecule has 1 heterocycles. The molecule has 0 bridgehead atoms. The van der Waals surface area contributed by atoms with E-state index in [-0.39, 0.29) is 6.54 Å². The number of carbonyl (C=O) groups is 1. The molecule has 0 saturated carbocycles. The number of likely N-dealkylation sites (N-methyl/N-ethyl adjacent to an activating group) is 1. The number of carboxylic acid groups (broad SMARTS) is 1. The minimum absolute atomic E-state index is 0.0306. The second kappa shape index (κ2) is 4.76. The highest BCUT2D eigenvalue weighted by atomic mass is 16.4. The van der Waals surface area contributed by atoms with Gasteiger partial charge in [-0.25, -0.2) is 4.98 Å². The molecule has 1 aromatic rings. The van der Waals surface area contributed by atoms with Crippen molar-refractivity contribution in [3.63, 3.8) is 0 Å². The Bertz CT molecular complexity index is 309. The molecule has 0 spiro atoms. The van der Waals surface area contributed by atoms with Crippen LogP contribution in [0.15, 0.2) is 10.8 Å². The van der Waals surface area contributed by atoms with Gasteiger partial charge in [0.05, 0.1) is 12.2 Å². The second-order valence-corrected chi connectivity index (χ2v) is 3.05. The molecule has 0 aliphatic heterocycles. The molecule has 0 radical (unpaired) electrons. The van der Waals surface area contributed by atoms with E-state index in [0.717, 1.165) is 11.5 Å². The Hall–Kier alpha value is -1.36. The van der Waals surface area contributed by atoms with Gasteiger partial charge in [0.25, 0.3) is 0 Å². The zero-order valence-corrected chi connectivity index (χ0v) is 8.36. The van der Waals surface area contributed by atoms with Crippen LogP contribution in [-0.2, 0) is 11.3 Å². The Morgan fingerprint density at radius 2 is 2.43 bits per heavy atom. The van der Waals surface area contributed by atoms with Crippen LogP contribution in [0.2, 0.25) is 0 Å². The monoisotopic (exact) mass is 198 g/mol. The largest absolute Gasteiger partial charge is 0.480 e. The number of rotatable bonds is 5. The Morgan fingerprint density at radius 3 is 2.86 bits per heavy atom. The lowest BCUT2D eigenvalue weighted by Crippen LogP contribution is -2.29. The lowest BCUT2D eigenvalue weighted by atomic mass is 10.3. The van der Waals surface area contributed by atoms with Gasteiger partial charge in [-0.05, 0) is 13.5 Å². The van der Waals surface area contributed by atoms with Gasteiger partial charge in [-0.15, -0.1) is 0 Å². The van der Waals surface area contributed by atoms with E-state index < -0.39 is 5.97 Å². The van der Waals surface area contributed by atoms with Crippen molar-refractivity contribution in [2.45, 2.75) is 20.4 Å². The average Bonchev–Trinajstić information content (AvgIpc) is 2.50. The number of aliphatic carboxylic acids is 1. The Kier molecular flexibility index (Phi) is 3.64. The second-order valence-electron chi connectivity index (χ2n) is 3.05. The minimum Gasteiger partial charge on any atom is -0.480 e. The molecule has 0 fully saturated rings. The SMILES string of the molecule is CCN(CC(=O)O)Cc1ncoc1C. The van der Waals surface area contributed by atoms with Crippen LogP contribution < -0.4 is 0 Å². The van der Waals surface area contributed by atoms with E-state index in [1.54, 1.807) is 4.90 Å². The van der Waals surface area contributed by atoms with Gasteiger partial charge in [0.15, 0.2) is 6.39 Å². The van der Waals surface area contributed by atoms with Gasteiger partial charge in [0, 0.05) is 6.54 Å². The first kappa shape index (κ1) is 10.7. The third-order valence-electron chi connectivity index (χ3n) is 2.02. The summed E-state index contributed by atoms with van der Waals surface area (Å²) in [5, 5.41) is 8.63. The molecule has 0 aliphatic carbocycles. The molecule has 5 nitrogen and oxygen atoms in total. The number of aromatic nitrogens is 1. The molecule has 0 aromatic carbocycles. The number of oxazole rings is 1. The van der Waals surface area contributed by atoms with Crippen LogP contribution in [-0.4, -0.2) is 34.0 Å². The molecule has 0 atom stereocenters. The normalized spacial score (nSPS) is 10.8. The summed E-state index contributed by atoms with van der Waals surface area (Å²) in [6.07, 6.45) is 1.37. The first-order valence-corrected chi connectivity index (χ1v) is 4.46. The highest BCUT2D eigenvalue weighted by Gasteiger charge is 2.11. The molecule has 0 unspecified atom stereocenters. The Labute approximate surface area is 82.4 Å². The molecule has 14 heavy (non-hydrogen) atoms. The van der Waals surface area contributed by atoms with Gasteiger partial charge in [-0.1, -0.05) is 6.92 Å². The van der Waals surface area contributed by atoms with Crippen LogP contribution >= 0.6 is 0 Å². The van der Waals surface area contributed by atoms with E-state index in [1.165, 1.54) is 6.39 Å². The standard InChI is InChI=1S/C9H14N2O3/c1-3-11(5-9(12)13)4-8-7(2)14-6-10-8/h6H,3-5H2,1-2H3,(H,12,13). The van der Waals surface area contributed by atoms with Gasteiger partial charge in [0.2, 0.25) is 0 Å². The maximum atomic E-state index is 10.5. The molecular weight excluding hydrogens is 184 g/mol. The molecule has 78 valence electrons. The summed E-state index contributed by atoms with van der Waals surface area (Å²) in [5.41, 5.74) is 0.799. The van der Waals surface area contributed by atoms with E-state index in [0.29, 0.717) is 13.1 Å². The van der Waals surface area contributed by atoms with Crippen LogP contribution in [0.25, 0.3) is 0 Å². The van der Waals surface area contributed by atoms with Crippen molar-refractivity contribution < 1.29 is 14.3 Å². The number of carboxylic acids is 1. The highest BCUT2D eigenvalue weighted by Crippen LogP contribution is 2.07. The molecule has 1 aromatic heterocycles. The molecule has 1 N–H and O–H groups in total. The number of nitrogens with zero attached hydrogens (tertiary/aromatic N) is 2. The summed E-state index contributed by atoms with van der Waals surface area (Å²) in [7, 11) is 0. The van der Waals surface area contributed by atoms with Crippen molar-refractivity contribution in [1.29, 1.82) is 0 Å². The lowest BCUT2D eigenvalue weighted by Gasteiger charge is -2.16. The summed E-state index contributed by atoms with van der Waals surface area (Å²) in [6.45, 7) is 4.96. The van der Waals surface area contributed by atoms with Crippen LogP contribution in [0.3, 0.4) is 0 Å². The van der Waals surface area contributed by atoms with Crippen LogP contribution in [0.1, 0.15) is 18.4 Å². The van der Waals surface area contributed by atoms with Crippen molar-refractivity contribution >= 4 is 5.97 Å². The lowest BCUT2D eigenvalue weighted by molar-refractivity contribution is -0.138. The van der Waals surface area contributed by atoms with E-state index in [1.807, 2.05) is 13.8 Å². The maximum absolute atomic E-state index is 10.5. The molecule has 5 heteroatoms. The van der Waals surface area contributed by atoms with Crippen molar-refractivity contribution in [3.05, 3.63) is 17.8 Å². The summed E-state index contributed by atoms with van der Waals surface area (Å²) in [5.74, 6) is -0.0816. The Morgan fingerprint density at radius 1 is 1.71 bits per heavy atom. The zero-order valence-electron chi connectivity index (χ0n) is 8.36. The summed E-state index contributed by atoms with van der Waals surface area (Å²) < 4.78 is 5.03. The Balaban J connectivity index is 2.57. The predicted molar refractivity (Wildman–Crippen MR) is 49.8 cm³/mol. The third-order valence-corrected chi connectivity index (χ3v) is 2.02. The highest BCUT2D eigenvalue weighted by molar-refractivity contribution is 5.69. The fourth-order valence-electron chi connectivity index (χ4n) is 1.16. The molecule has 1 rings (SSSR count). The molecule has 0 amide bonds. The summed E-state index contributed by atoms with van der Waals surface area (Å²) in [4.78, 5) is 16.3. The molecule has 0 aliphatic rings.